The van der Waals surface area contributed by atoms with Gasteiger partial charge in [0.25, 0.3) is 0 Å². The van der Waals surface area contributed by atoms with Crippen LogP contribution in [0.25, 0.3) is 0 Å². The van der Waals surface area contributed by atoms with Gasteiger partial charge in [0.2, 0.25) is 5.76 Å². The van der Waals surface area contributed by atoms with Crippen molar-refractivity contribution in [2.24, 2.45) is 0 Å². The van der Waals surface area contributed by atoms with Crippen LogP contribution in [0.1, 0.15) is 51.9 Å². The summed E-state index contributed by atoms with van der Waals surface area (Å²) < 4.78 is 4.28. The fourth-order valence-corrected chi connectivity index (χ4v) is 1.72. The number of carbonyl (C=O) groups is 2. The summed E-state index contributed by atoms with van der Waals surface area (Å²) in [6.07, 6.45) is 7.02. The third-order valence-corrected chi connectivity index (χ3v) is 2.69. The lowest BCUT2D eigenvalue weighted by Crippen LogP contribution is -2.02. The molecule has 4 nitrogen and oxygen atoms in total. The van der Waals surface area contributed by atoms with Crippen LogP contribution in [0.2, 0.25) is 0 Å². The molecule has 0 aromatic carbocycles. The third-order valence-electron chi connectivity index (χ3n) is 2.69. The normalized spacial score (nSPS) is 15.8. The van der Waals surface area contributed by atoms with Crippen LogP contribution in [0.4, 0.5) is 0 Å². The molecular weight excluding hydrogens is 208 g/mol. The molecule has 0 aliphatic carbocycles. The number of hydrogen-bond donors (Lipinski definition) is 1. The van der Waals surface area contributed by atoms with E-state index in [0.29, 0.717) is 6.42 Å². The van der Waals surface area contributed by atoms with Crippen LogP contribution in [0.15, 0.2) is 11.3 Å². The Balaban J connectivity index is 2.22. The van der Waals surface area contributed by atoms with Gasteiger partial charge in [-0.2, -0.15) is 0 Å². The van der Waals surface area contributed by atoms with E-state index in [4.69, 9.17) is 0 Å². The highest BCUT2D eigenvalue weighted by atomic mass is 16.6. The highest BCUT2D eigenvalue weighted by molar-refractivity contribution is 6.10. The van der Waals surface area contributed by atoms with Crippen LogP contribution < -0.4 is 0 Å². The number of unbranched alkanes of at least 4 members (excludes halogenated alkanes) is 5. The molecule has 1 rings (SSSR count). The lowest BCUT2D eigenvalue weighted by Gasteiger charge is -2.00. The van der Waals surface area contributed by atoms with Gasteiger partial charge >= 0.3 is 11.9 Å². The Morgan fingerprint density at radius 3 is 2.19 bits per heavy atom. The van der Waals surface area contributed by atoms with Crippen LogP contribution in [0, 0.1) is 0 Å². The molecule has 0 spiro atoms. The van der Waals surface area contributed by atoms with E-state index in [1.165, 1.54) is 19.3 Å². The maximum atomic E-state index is 11.1. The van der Waals surface area contributed by atoms with Gasteiger partial charge in [-0.15, -0.1) is 0 Å². The molecule has 0 saturated heterocycles. The molecule has 0 atom stereocenters. The first-order valence-electron chi connectivity index (χ1n) is 5.85. The summed E-state index contributed by atoms with van der Waals surface area (Å²) in [6.45, 7) is 2.16. The number of aliphatic hydroxyl groups excluding tert-OH is 1. The maximum Gasteiger partial charge on any atom is 0.381 e. The molecule has 0 radical (unpaired) electrons. The van der Waals surface area contributed by atoms with Gasteiger partial charge in [-0.1, -0.05) is 39.0 Å². The Labute approximate surface area is 95.3 Å². The van der Waals surface area contributed by atoms with Crippen molar-refractivity contribution in [1.82, 2.24) is 0 Å². The Kier molecular flexibility index (Phi) is 5.02. The number of aliphatic hydroxyl groups is 1. The van der Waals surface area contributed by atoms with E-state index in [1.54, 1.807) is 0 Å². The summed E-state index contributed by atoms with van der Waals surface area (Å²) in [6, 6.07) is 0. The van der Waals surface area contributed by atoms with E-state index < -0.39 is 17.7 Å². The molecule has 1 N–H and O–H groups in total. The predicted octanol–water partition coefficient (Wildman–Crippen LogP) is 2.63. The Bertz CT molecular complexity index is 304. The average molecular weight is 226 g/mol. The van der Waals surface area contributed by atoms with Crippen LogP contribution in [0.5, 0.6) is 0 Å². The zero-order valence-corrected chi connectivity index (χ0v) is 9.62. The second-order valence-electron chi connectivity index (χ2n) is 4.02. The predicted molar refractivity (Wildman–Crippen MR) is 58.7 cm³/mol. The summed E-state index contributed by atoms with van der Waals surface area (Å²) >= 11 is 0. The zero-order valence-electron chi connectivity index (χ0n) is 9.62. The SMILES string of the molecule is CCCCCCCCC1=C(O)C(=O)OC1=O. The van der Waals surface area contributed by atoms with Gasteiger partial charge in [0.15, 0.2) is 0 Å². The van der Waals surface area contributed by atoms with Crippen molar-refractivity contribution < 1.29 is 19.4 Å². The minimum Gasteiger partial charge on any atom is -0.501 e. The molecular formula is C12H18O4. The van der Waals surface area contributed by atoms with Gasteiger partial charge in [-0.25, -0.2) is 9.59 Å². The number of rotatable bonds is 7. The maximum absolute atomic E-state index is 11.1. The van der Waals surface area contributed by atoms with Crippen molar-refractivity contribution in [2.45, 2.75) is 51.9 Å². The summed E-state index contributed by atoms with van der Waals surface area (Å²) in [5.74, 6) is -2.10. The molecule has 0 aromatic heterocycles. The Morgan fingerprint density at radius 2 is 1.62 bits per heavy atom. The number of ether oxygens (including phenoxy) is 1. The fourth-order valence-electron chi connectivity index (χ4n) is 1.72. The quantitative estimate of drug-likeness (QED) is 0.412. The molecule has 16 heavy (non-hydrogen) atoms. The first kappa shape index (κ1) is 12.7. The van der Waals surface area contributed by atoms with Gasteiger partial charge < -0.3 is 9.84 Å². The number of carbonyl (C=O) groups excluding carboxylic acids is 2. The third kappa shape index (κ3) is 3.36. The molecule has 0 amide bonds. The smallest absolute Gasteiger partial charge is 0.381 e. The van der Waals surface area contributed by atoms with Gasteiger partial charge in [0.05, 0.1) is 5.57 Å². The second kappa shape index (κ2) is 6.30. The second-order valence-corrected chi connectivity index (χ2v) is 4.02. The lowest BCUT2D eigenvalue weighted by atomic mass is 10.1. The Morgan fingerprint density at radius 1 is 1.00 bits per heavy atom. The molecule has 0 unspecified atom stereocenters. The average Bonchev–Trinajstić information content (AvgIpc) is 2.49. The van der Waals surface area contributed by atoms with E-state index in [-0.39, 0.29) is 5.57 Å². The van der Waals surface area contributed by atoms with E-state index in [2.05, 4.69) is 11.7 Å². The molecule has 0 fully saturated rings. The highest BCUT2D eigenvalue weighted by Gasteiger charge is 2.32. The monoisotopic (exact) mass is 226 g/mol. The molecule has 90 valence electrons. The first-order valence-corrected chi connectivity index (χ1v) is 5.85. The minimum absolute atomic E-state index is 0.139. The topological polar surface area (TPSA) is 63.6 Å². The summed E-state index contributed by atoms with van der Waals surface area (Å²) in [7, 11) is 0. The molecule has 0 saturated carbocycles. The van der Waals surface area contributed by atoms with Crippen molar-refractivity contribution in [1.29, 1.82) is 0 Å². The summed E-state index contributed by atoms with van der Waals surface area (Å²) in [4.78, 5) is 21.9. The largest absolute Gasteiger partial charge is 0.501 e. The Hall–Kier alpha value is -1.32. The number of esters is 2. The van der Waals surface area contributed by atoms with E-state index in [1.807, 2.05) is 0 Å². The van der Waals surface area contributed by atoms with Crippen LogP contribution in [-0.2, 0) is 14.3 Å². The van der Waals surface area contributed by atoms with Crippen LogP contribution in [-0.4, -0.2) is 17.0 Å². The van der Waals surface area contributed by atoms with Crippen molar-refractivity contribution in [3.05, 3.63) is 11.3 Å². The zero-order chi connectivity index (χ0) is 12.0. The van der Waals surface area contributed by atoms with E-state index >= 15 is 0 Å². The first-order chi connectivity index (χ1) is 7.66. The lowest BCUT2D eigenvalue weighted by molar-refractivity contribution is -0.152. The summed E-state index contributed by atoms with van der Waals surface area (Å²) in [5.41, 5.74) is 0.139. The van der Waals surface area contributed by atoms with Gasteiger partial charge in [0, 0.05) is 0 Å². The highest BCUT2D eigenvalue weighted by Crippen LogP contribution is 2.21. The molecule has 1 aliphatic rings. The fraction of sp³-hybridized carbons (Fsp3) is 0.667. The standard InChI is InChI=1S/C12H18O4/c1-2-3-4-5-6-7-8-9-10(13)12(15)16-11(9)14/h13H,2-8H2,1H3. The van der Waals surface area contributed by atoms with E-state index in [0.717, 1.165) is 19.3 Å². The molecule has 1 heterocycles. The minimum atomic E-state index is -0.911. The van der Waals surface area contributed by atoms with Gasteiger partial charge in [-0.05, 0) is 12.8 Å². The molecule has 0 bridgehead atoms. The summed E-state index contributed by atoms with van der Waals surface area (Å²) in [5, 5.41) is 9.25. The van der Waals surface area contributed by atoms with Crippen molar-refractivity contribution >= 4 is 11.9 Å². The van der Waals surface area contributed by atoms with Gasteiger partial charge in [0.1, 0.15) is 0 Å². The van der Waals surface area contributed by atoms with Crippen molar-refractivity contribution in [3.63, 3.8) is 0 Å². The van der Waals surface area contributed by atoms with Crippen LogP contribution >= 0.6 is 0 Å². The van der Waals surface area contributed by atoms with Gasteiger partial charge in [-0.3, -0.25) is 0 Å². The molecule has 4 heteroatoms. The van der Waals surface area contributed by atoms with Crippen molar-refractivity contribution in [2.75, 3.05) is 0 Å². The number of hydrogen-bond acceptors (Lipinski definition) is 4. The molecule has 0 aromatic rings. The van der Waals surface area contributed by atoms with E-state index in [9.17, 15) is 14.7 Å². The van der Waals surface area contributed by atoms with Crippen LogP contribution in [0.3, 0.4) is 0 Å². The van der Waals surface area contributed by atoms with Crippen molar-refractivity contribution in [3.8, 4) is 0 Å². The molecule has 1 aliphatic heterocycles. The number of cyclic esters (lactones) is 2.